The van der Waals surface area contributed by atoms with Gasteiger partial charge in [-0.1, -0.05) is 53.7 Å². The highest BCUT2D eigenvalue weighted by molar-refractivity contribution is 5.86. The van der Waals surface area contributed by atoms with Gasteiger partial charge in [0.25, 0.3) is 0 Å². The van der Waals surface area contributed by atoms with Gasteiger partial charge in [0.05, 0.1) is 6.54 Å². The minimum atomic E-state index is -1.07. The molecule has 0 radical (unpaired) electrons. The predicted molar refractivity (Wildman–Crippen MR) is 117 cm³/mol. The van der Waals surface area contributed by atoms with Crippen molar-refractivity contribution in [3.8, 4) is 11.1 Å². The number of rotatable bonds is 9. The molecule has 1 aromatic heterocycles. The number of carboxylic acids is 1. The van der Waals surface area contributed by atoms with E-state index in [0.29, 0.717) is 5.69 Å². The van der Waals surface area contributed by atoms with Crippen molar-refractivity contribution in [2.45, 2.75) is 31.3 Å². The lowest BCUT2D eigenvalue weighted by molar-refractivity contribution is -0.137. The lowest BCUT2D eigenvalue weighted by atomic mass is 9.98. The molecule has 1 heterocycles. The molecule has 0 aliphatic heterocycles. The zero-order valence-corrected chi connectivity index (χ0v) is 17.7. The molecule has 0 spiro atoms. The smallest absolute Gasteiger partial charge is 0.407 e. The summed E-state index contributed by atoms with van der Waals surface area (Å²) in [7, 11) is 0. The number of aromatic nitrogens is 1. The first kappa shape index (κ1) is 22.1. The van der Waals surface area contributed by atoms with Gasteiger partial charge in [0.1, 0.15) is 24.6 Å². The van der Waals surface area contributed by atoms with E-state index >= 15 is 0 Å². The molecular formula is C24H23N3O6. The van der Waals surface area contributed by atoms with Gasteiger partial charge in [-0.05, 0) is 28.7 Å². The van der Waals surface area contributed by atoms with Crippen molar-refractivity contribution in [3.63, 3.8) is 0 Å². The number of fused-ring (bicyclic) bond motifs is 3. The summed E-state index contributed by atoms with van der Waals surface area (Å²) in [5, 5.41) is 17.8. The van der Waals surface area contributed by atoms with Crippen LogP contribution in [0.5, 0.6) is 0 Å². The summed E-state index contributed by atoms with van der Waals surface area (Å²) in [5.74, 6) is -1.73. The summed E-state index contributed by atoms with van der Waals surface area (Å²) in [6.07, 6.45) is 0.220. The van der Waals surface area contributed by atoms with E-state index in [1.165, 1.54) is 6.26 Å². The van der Waals surface area contributed by atoms with E-state index in [2.05, 4.69) is 15.8 Å². The molecule has 1 aliphatic rings. The highest BCUT2D eigenvalue weighted by Gasteiger charge is 2.30. The average molecular weight is 449 g/mol. The molecule has 1 atom stereocenters. The minimum absolute atomic E-state index is 0.0792. The third-order valence-electron chi connectivity index (χ3n) is 5.53. The zero-order valence-electron chi connectivity index (χ0n) is 17.7. The summed E-state index contributed by atoms with van der Waals surface area (Å²) in [5.41, 5.74) is 4.85. The van der Waals surface area contributed by atoms with Crippen molar-refractivity contribution in [3.05, 3.63) is 77.7 Å². The molecule has 9 heteroatoms. The van der Waals surface area contributed by atoms with Gasteiger partial charge < -0.3 is 25.0 Å². The highest BCUT2D eigenvalue weighted by atomic mass is 16.5. The molecular weight excluding hydrogens is 426 g/mol. The van der Waals surface area contributed by atoms with Gasteiger partial charge in [0, 0.05) is 18.4 Å². The van der Waals surface area contributed by atoms with Gasteiger partial charge in [-0.25, -0.2) is 4.79 Å². The third-order valence-corrected chi connectivity index (χ3v) is 5.53. The Hall–Kier alpha value is -4.14. The van der Waals surface area contributed by atoms with Crippen LogP contribution in [-0.2, 0) is 20.9 Å². The average Bonchev–Trinajstić information content (AvgIpc) is 3.45. The zero-order chi connectivity index (χ0) is 23.2. The predicted octanol–water partition coefficient (Wildman–Crippen LogP) is 3.06. The second-order valence-corrected chi connectivity index (χ2v) is 7.66. The van der Waals surface area contributed by atoms with Crippen LogP contribution in [0.15, 0.2) is 65.4 Å². The molecule has 0 saturated heterocycles. The maximum Gasteiger partial charge on any atom is 0.407 e. The monoisotopic (exact) mass is 449 g/mol. The van der Waals surface area contributed by atoms with Crippen LogP contribution >= 0.6 is 0 Å². The fourth-order valence-electron chi connectivity index (χ4n) is 3.95. The van der Waals surface area contributed by atoms with Crippen LogP contribution in [0.25, 0.3) is 11.1 Å². The van der Waals surface area contributed by atoms with Crippen LogP contribution in [0.4, 0.5) is 4.79 Å². The van der Waals surface area contributed by atoms with Crippen molar-refractivity contribution in [1.29, 1.82) is 0 Å². The maximum absolute atomic E-state index is 12.5. The van der Waals surface area contributed by atoms with Crippen molar-refractivity contribution < 1.29 is 28.8 Å². The van der Waals surface area contributed by atoms with E-state index in [1.807, 2.05) is 48.5 Å². The van der Waals surface area contributed by atoms with Crippen molar-refractivity contribution in [1.82, 2.24) is 15.8 Å². The Morgan fingerprint density at radius 1 is 1.03 bits per heavy atom. The Bertz CT molecular complexity index is 1100. The van der Waals surface area contributed by atoms with E-state index in [-0.39, 0.29) is 31.9 Å². The number of carbonyl (C=O) groups is 3. The van der Waals surface area contributed by atoms with Gasteiger partial charge in [0.2, 0.25) is 5.91 Å². The largest absolute Gasteiger partial charge is 0.481 e. The lowest BCUT2D eigenvalue weighted by Gasteiger charge is -2.19. The number of alkyl carbamates (subject to hydrolysis) is 1. The van der Waals surface area contributed by atoms with E-state index in [0.717, 1.165) is 22.3 Å². The molecule has 2 aromatic carbocycles. The first-order chi connectivity index (χ1) is 16.0. The number of carbonyl (C=O) groups excluding carboxylic acids is 2. The summed E-state index contributed by atoms with van der Waals surface area (Å²) in [4.78, 5) is 36.1. The molecule has 9 nitrogen and oxygen atoms in total. The first-order valence-electron chi connectivity index (χ1n) is 10.5. The van der Waals surface area contributed by atoms with Crippen LogP contribution in [0.2, 0.25) is 0 Å². The lowest BCUT2D eigenvalue weighted by Crippen LogP contribution is -2.47. The Morgan fingerprint density at radius 3 is 2.30 bits per heavy atom. The molecule has 0 bridgehead atoms. The summed E-state index contributed by atoms with van der Waals surface area (Å²) < 4.78 is 10.2. The first-order valence-corrected chi connectivity index (χ1v) is 10.5. The molecule has 0 saturated carbocycles. The van der Waals surface area contributed by atoms with Crippen LogP contribution in [0.3, 0.4) is 0 Å². The van der Waals surface area contributed by atoms with Crippen LogP contribution < -0.4 is 10.6 Å². The quantitative estimate of drug-likeness (QED) is 0.458. The van der Waals surface area contributed by atoms with Gasteiger partial charge >= 0.3 is 12.1 Å². The van der Waals surface area contributed by atoms with Gasteiger partial charge in [-0.2, -0.15) is 0 Å². The van der Waals surface area contributed by atoms with E-state index in [4.69, 9.17) is 14.4 Å². The summed E-state index contributed by atoms with van der Waals surface area (Å²) >= 11 is 0. The van der Waals surface area contributed by atoms with Crippen molar-refractivity contribution in [2.75, 3.05) is 6.61 Å². The Kier molecular flexibility index (Phi) is 6.68. The fraction of sp³-hybridized carbons (Fsp3) is 0.250. The van der Waals surface area contributed by atoms with E-state index < -0.39 is 24.0 Å². The molecule has 3 aromatic rings. The Morgan fingerprint density at radius 2 is 1.70 bits per heavy atom. The van der Waals surface area contributed by atoms with Crippen LogP contribution in [0.1, 0.15) is 35.6 Å². The second-order valence-electron chi connectivity index (χ2n) is 7.66. The Labute approximate surface area is 189 Å². The fourth-order valence-corrected chi connectivity index (χ4v) is 3.95. The number of nitrogens with zero attached hydrogens (tertiary/aromatic N) is 1. The van der Waals surface area contributed by atoms with Crippen molar-refractivity contribution >= 4 is 18.0 Å². The molecule has 2 amide bonds. The molecule has 4 rings (SSSR count). The molecule has 3 N–H and O–H groups in total. The number of carboxylic acid groups (broad SMARTS) is 1. The number of nitrogens with one attached hydrogen (secondary N) is 2. The van der Waals surface area contributed by atoms with Crippen LogP contribution in [-0.4, -0.2) is 40.9 Å². The maximum atomic E-state index is 12.5. The molecule has 1 unspecified atom stereocenters. The molecule has 170 valence electrons. The van der Waals surface area contributed by atoms with E-state index in [1.54, 1.807) is 6.07 Å². The standard InChI is InChI=1S/C24H23N3O6/c28-22(29)10-9-21(23(30)25-13-15-11-12-33-27-15)26-24(31)32-14-20-18-7-3-1-5-16(18)17-6-2-4-8-19(17)20/h1-8,11-12,20-21H,9-10,13-14H2,(H,25,30)(H,26,31)(H,28,29). The summed E-state index contributed by atoms with van der Waals surface area (Å²) in [6.45, 7) is 0.178. The molecule has 1 aliphatic carbocycles. The molecule has 0 fully saturated rings. The number of hydrogen-bond acceptors (Lipinski definition) is 6. The Balaban J connectivity index is 1.39. The normalized spacial score (nSPS) is 13.0. The van der Waals surface area contributed by atoms with Gasteiger partial charge in [-0.15, -0.1) is 0 Å². The van der Waals surface area contributed by atoms with Crippen LogP contribution in [0, 0.1) is 0 Å². The minimum Gasteiger partial charge on any atom is -0.481 e. The van der Waals surface area contributed by atoms with E-state index in [9.17, 15) is 14.4 Å². The second kappa shape index (κ2) is 9.99. The number of hydrogen-bond donors (Lipinski definition) is 3. The number of aliphatic carboxylic acids is 1. The third kappa shape index (κ3) is 5.20. The highest BCUT2D eigenvalue weighted by Crippen LogP contribution is 2.44. The summed E-state index contributed by atoms with van der Waals surface area (Å²) in [6, 6.07) is 16.4. The van der Waals surface area contributed by atoms with Gasteiger partial charge in [-0.3, -0.25) is 9.59 Å². The number of benzene rings is 2. The number of ether oxygens (including phenoxy) is 1. The molecule has 33 heavy (non-hydrogen) atoms. The number of amides is 2. The van der Waals surface area contributed by atoms with Gasteiger partial charge in [0.15, 0.2) is 0 Å². The van der Waals surface area contributed by atoms with Crippen molar-refractivity contribution in [2.24, 2.45) is 0 Å². The SMILES string of the molecule is O=C(O)CCC(NC(=O)OCC1c2ccccc2-c2ccccc21)C(=O)NCc1ccon1. The topological polar surface area (TPSA) is 131 Å².